The molecule has 0 bridgehead atoms. The number of ether oxygens (including phenoxy) is 1. The maximum Gasteiger partial charge on any atom is 0.258 e. The van der Waals surface area contributed by atoms with E-state index in [0.29, 0.717) is 17.4 Å². The topological polar surface area (TPSA) is 44.8 Å². The van der Waals surface area contributed by atoms with Crippen LogP contribution in [0.3, 0.4) is 0 Å². The quantitative estimate of drug-likeness (QED) is 0.613. The van der Waals surface area contributed by atoms with Crippen molar-refractivity contribution in [1.29, 1.82) is 0 Å². The van der Waals surface area contributed by atoms with Crippen LogP contribution in [0.4, 0.5) is 10.1 Å². The van der Waals surface area contributed by atoms with Gasteiger partial charge in [-0.25, -0.2) is 4.39 Å². The number of piperazine rings is 1. The molecule has 1 N–H and O–H groups in total. The number of amides is 1. The smallest absolute Gasteiger partial charge is 0.258 e. The van der Waals surface area contributed by atoms with Gasteiger partial charge < -0.3 is 15.0 Å². The second-order valence-corrected chi connectivity index (χ2v) is 8.18. The van der Waals surface area contributed by atoms with Crippen molar-refractivity contribution in [3.63, 3.8) is 0 Å². The van der Waals surface area contributed by atoms with Gasteiger partial charge in [0.25, 0.3) is 5.91 Å². The molecule has 1 saturated heterocycles. The van der Waals surface area contributed by atoms with Gasteiger partial charge in [0.1, 0.15) is 5.75 Å². The molecule has 4 rings (SSSR count). The molecular formula is C26H28FN3O2. The molecule has 0 aromatic heterocycles. The normalized spacial score (nSPS) is 16.5. The van der Waals surface area contributed by atoms with Gasteiger partial charge in [0, 0.05) is 50.5 Å². The van der Waals surface area contributed by atoms with Gasteiger partial charge in [-0.05, 0) is 61.0 Å². The van der Waals surface area contributed by atoms with E-state index in [4.69, 9.17) is 4.74 Å². The molecule has 0 aliphatic carbocycles. The van der Waals surface area contributed by atoms with E-state index >= 15 is 0 Å². The zero-order chi connectivity index (χ0) is 22.5. The zero-order valence-electron chi connectivity index (χ0n) is 18.4. The summed E-state index contributed by atoms with van der Waals surface area (Å²) in [5, 5.41) is 3.46. The number of halogens is 1. The van der Waals surface area contributed by atoms with E-state index in [0.717, 1.165) is 31.9 Å². The van der Waals surface area contributed by atoms with Crippen molar-refractivity contribution in [3.8, 4) is 11.5 Å². The fraction of sp³-hybridized carbons (Fsp3) is 0.269. The van der Waals surface area contributed by atoms with Crippen molar-refractivity contribution in [1.82, 2.24) is 10.2 Å². The third kappa shape index (κ3) is 5.33. The van der Waals surface area contributed by atoms with Crippen LogP contribution in [-0.2, 0) is 6.54 Å². The summed E-state index contributed by atoms with van der Waals surface area (Å²) in [6.07, 6.45) is 0. The zero-order valence-corrected chi connectivity index (χ0v) is 18.4. The van der Waals surface area contributed by atoms with Crippen molar-refractivity contribution in [3.05, 3.63) is 89.7 Å². The van der Waals surface area contributed by atoms with E-state index in [1.165, 1.54) is 11.6 Å². The lowest BCUT2D eigenvalue weighted by molar-refractivity contribution is 0.0993. The molecule has 1 fully saturated rings. The molecule has 0 saturated carbocycles. The molecule has 0 unspecified atom stereocenters. The maximum absolute atomic E-state index is 13.8. The van der Waals surface area contributed by atoms with Crippen LogP contribution in [0.1, 0.15) is 22.8 Å². The Labute approximate surface area is 188 Å². The molecule has 3 aromatic rings. The number of hydrogen-bond donors (Lipinski definition) is 1. The summed E-state index contributed by atoms with van der Waals surface area (Å²) in [4.78, 5) is 17.0. The summed E-state index contributed by atoms with van der Waals surface area (Å²) in [6, 6.07) is 21.6. The Morgan fingerprint density at radius 3 is 2.50 bits per heavy atom. The average molecular weight is 434 g/mol. The SMILES string of the molecule is C[C@H]1CN(Cc2ccc(N(C)C(=O)c3ccc(Oc4ccccc4F)cc3)cc2)CCN1. The van der Waals surface area contributed by atoms with E-state index in [9.17, 15) is 9.18 Å². The van der Waals surface area contributed by atoms with Gasteiger partial charge >= 0.3 is 0 Å². The fourth-order valence-electron chi connectivity index (χ4n) is 3.87. The summed E-state index contributed by atoms with van der Waals surface area (Å²) < 4.78 is 19.3. The van der Waals surface area contributed by atoms with E-state index < -0.39 is 5.82 Å². The second-order valence-electron chi connectivity index (χ2n) is 8.18. The van der Waals surface area contributed by atoms with E-state index in [-0.39, 0.29) is 11.7 Å². The van der Waals surface area contributed by atoms with E-state index in [1.54, 1.807) is 54.4 Å². The van der Waals surface area contributed by atoms with Gasteiger partial charge in [-0.1, -0.05) is 24.3 Å². The second kappa shape index (κ2) is 9.94. The monoisotopic (exact) mass is 433 g/mol. The van der Waals surface area contributed by atoms with Crippen LogP contribution in [0, 0.1) is 5.82 Å². The lowest BCUT2D eigenvalue weighted by Gasteiger charge is -2.31. The molecule has 1 aliphatic rings. The van der Waals surface area contributed by atoms with E-state index in [1.807, 2.05) is 12.1 Å². The van der Waals surface area contributed by atoms with Crippen LogP contribution in [0.25, 0.3) is 0 Å². The Morgan fingerprint density at radius 1 is 1.09 bits per heavy atom. The highest BCUT2D eigenvalue weighted by atomic mass is 19.1. The highest BCUT2D eigenvalue weighted by molar-refractivity contribution is 6.05. The Morgan fingerprint density at radius 2 is 1.81 bits per heavy atom. The van der Waals surface area contributed by atoms with Crippen LogP contribution in [0.15, 0.2) is 72.8 Å². The van der Waals surface area contributed by atoms with Gasteiger partial charge in [0.2, 0.25) is 0 Å². The Bertz CT molecular complexity index is 1050. The fourth-order valence-corrected chi connectivity index (χ4v) is 3.87. The summed E-state index contributed by atoms with van der Waals surface area (Å²) in [5.74, 6) is 0.0772. The summed E-state index contributed by atoms with van der Waals surface area (Å²) in [6.45, 7) is 6.21. The minimum absolute atomic E-state index is 0.119. The molecule has 0 radical (unpaired) electrons. The van der Waals surface area contributed by atoms with Crippen molar-refractivity contribution in [2.45, 2.75) is 19.5 Å². The third-order valence-electron chi connectivity index (χ3n) is 5.65. The predicted molar refractivity (Wildman–Crippen MR) is 125 cm³/mol. The van der Waals surface area contributed by atoms with Crippen LogP contribution in [0.2, 0.25) is 0 Å². The predicted octanol–water partition coefficient (Wildman–Crippen LogP) is 4.69. The van der Waals surface area contributed by atoms with Gasteiger partial charge in [-0.2, -0.15) is 0 Å². The molecule has 5 nitrogen and oxygen atoms in total. The van der Waals surface area contributed by atoms with Crippen LogP contribution < -0.4 is 15.0 Å². The lowest BCUT2D eigenvalue weighted by atomic mass is 10.1. The summed E-state index contributed by atoms with van der Waals surface area (Å²) in [5.41, 5.74) is 2.60. The molecule has 1 atom stereocenters. The first-order valence-electron chi connectivity index (χ1n) is 10.8. The first-order chi connectivity index (χ1) is 15.5. The molecule has 1 heterocycles. The standard InChI is InChI=1S/C26H28FN3O2/c1-19-17-30(16-15-28-19)18-20-7-11-22(12-8-20)29(2)26(31)21-9-13-23(14-10-21)32-25-6-4-3-5-24(25)27/h3-14,19,28H,15-18H2,1-2H3/t19-/m0/s1. The van der Waals surface area contributed by atoms with Crippen molar-refractivity contribution < 1.29 is 13.9 Å². The van der Waals surface area contributed by atoms with Gasteiger partial charge in [-0.15, -0.1) is 0 Å². The minimum Gasteiger partial charge on any atom is -0.454 e. The maximum atomic E-state index is 13.8. The molecule has 0 spiro atoms. The summed E-state index contributed by atoms with van der Waals surface area (Å²) >= 11 is 0. The molecule has 6 heteroatoms. The van der Waals surface area contributed by atoms with Crippen molar-refractivity contribution >= 4 is 11.6 Å². The highest BCUT2D eigenvalue weighted by Crippen LogP contribution is 2.25. The Balaban J connectivity index is 1.38. The number of para-hydroxylation sites is 1. The number of hydrogen-bond acceptors (Lipinski definition) is 4. The van der Waals surface area contributed by atoms with Crippen LogP contribution in [-0.4, -0.2) is 43.5 Å². The molecular weight excluding hydrogens is 405 g/mol. The van der Waals surface area contributed by atoms with E-state index in [2.05, 4.69) is 29.3 Å². The van der Waals surface area contributed by atoms with Crippen molar-refractivity contribution in [2.75, 3.05) is 31.6 Å². The number of benzene rings is 3. The lowest BCUT2D eigenvalue weighted by Crippen LogP contribution is -2.48. The van der Waals surface area contributed by atoms with Crippen LogP contribution in [0.5, 0.6) is 11.5 Å². The largest absolute Gasteiger partial charge is 0.454 e. The first kappa shape index (κ1) is 22.0. The van der Waals surface area contributed by atoms with Crippen molar-refractivity contribution in [2.24, 2.45) is 0 Å². The number of anilines is 1. The number of carbonyl (C=O) groups is 1. The third-order valence-corrected chi connectivity index (χ3v) is 5.65. The molecule has 32 heavy (non-hydrogen) atoms. The number of carbonyl (C=O) groups excluding carboxylic acids is 1. The Kier molecular flexibility index (Phi) is 6.83. The Hall–Kier alpha value is -3.22. The molecule has 1 aliphatic heterocycles. The van der Waals surface area contributed by atoms with Crippen LogP contribution >= 0.6 is 0 Å². The molecule has 3 aromatic carbocycles. The molecule has 166 valence electrons. The summed E-state index contributed by atoms with van der Waals surface area (Å²) in [7, 11) is 1.76. The van der Waals surface area contributed by atoms with Gasteiger partial charge in [0.05, 0.1) is 0 Å². The number of nitrogens with one attached hydrogen (secondary N) is 1. The first-order valence-corrected chi connectivity index (χ1v) is 10.8. The van der Waals surface area contributed by atoms with Gasteiger partial charge in [-0.3, -0.25) is 9.69 Å². The molecule has 1 amide bonds. The minimum atomic E-state index is -0.428. The number of rotatable bonds is 6. The number of nitrogens with zero attached hydrogens (tertiary/aromatic N) is 2. The van der Waals surface area contributed by atoms with Gasteiger partial charge in [0.15, 0.2) is 11.6 Å². The highest BCUT2D eigenvalue weighted by Gasteiger charge is 2.17. The average Bonchev–Trinajstić information content (AvgIpc) is 2.81.